The molecule has 0 bridgehead atoms. The Morgan fingerprint density at radius 2 is 1.30 bits per heavy atom. The predicted molar refractivity (Wildman–Crippen MR) is 135 cm³/mol. The van der Waals surface area contributed by atoms with Crippen molar-refractivity contribution in [3.05, 3.63) is 138 Å². The Kier molecular flexibility index (Phi) is 4.99. The molecule has 2 aromatic heterocycles. The van der Waals surface area contributed by atoms with Crippen molar-refractivity contribution in [2.24, 2.45) is 0 Å². The highest BCUT2D eigenvalue weighted by atomic mass is 14.6. The molecular weight excluding hydrogens is 400 g/mol. The Morgan fingerprint density at radius 1 is 0.667 bits per heavy atom. The normalized spacial score (nSPS) is 15.6. The number of fused-ring (bicyclic) bond motifs is 3. The molecule has 2 heteroatoms. The third-order valence-electron chi connectivity index (χ3n) is 7.18. The summed E-state index contributed by atoms with van der Waals surface area (Å²) >= 11 is 0. The summed E-state index contributed by atoms with van der Waals surface area (Å²) in [6.45, 7) is 0. The van der Waals surface area contributed by atoms with Crippen molar-refractivity contribution in [2.45, 2.75) is 31.1 Å². The highest BCUT2D eigenvalue weighted by molar-refractivity contribution is 5.83. The first-order valence-electron chi connectivity index (χ1n) is 11.7. The topological polar surface area (TPSA) is 25.8 Å². The van der Waals surface area contributed by atoms with Crippen LogP contribution in [0.5, 0.6) is 0 Å². The van der Waals surface area contributed by atoms with E-state index in [9.17, 15) is 0 Å². The van der Waals surface area contributed by atoms with Crippen molar-refractivity contribution < 1.29 is 0 Å². The monoisotopic (exact) mass is 426 g/mol. The molecule has 33 heavy (non-hydrogen) atoms. The van der Waals surface area contributed by atoms with E-state index in [1.807, 2.05) is 24.8 Å². The number of hydrogen-bond donors (Lipinski definition) is 0. The zero-order valence-electron chi connectivity index (χ0n) is 18.6. The SMILES string of the molecule is C1=CCC(c2cccc3c2CC(Cc2ccncc2)(Cc2ccncc2)c2ccccc2-3)=C1. The molecule has 160 valence electrons. The van der Waals surface area contributed by atoms with Gasteiger partial charge in [-0.25, -0.2) is 0 Å². The number of pyridine rings is 2. The van der Waals surface area contributed by atoms with Gasteiger partial charge in [-0.1, -0.05) is 60.7 Å². The number of nitrogens with zero attached hydrogens (tertiary/aromatic N) is 2. The molecular formula is C31H26N2. The lowest BCUT2D eigenvalue weighted by Gasteiger charge is -2.42. The Labute approximate surface area is 195 Å². The van der Waals surface area contributed by atoms with Gasteiger partial charge in [0.15, 0.2) is 0 Å². The minimum Gasteiger partial charge on any atom is -0.265 e. The average Bonchev–Trinajstić information content (AvgIpc) is 3.40. The summed E-state index contributed by atoms with van der Waals surface area (Å²) in [5, 5.41) is 0. The summed E-state index contributed by atoms with van der Waals surface area (Å²) in [7, 11) is 0. The summed E-state index contributed by atoms with van der Waals surface area (Å²) in [4.78, 5) is 8.54. The van der Waals surface area contributed by atoms with Gasteiger partial charge in [-0.2, -0.15) is 0 Å². The molecule has 0 amide bonds. The predicted octanol–water partition coefficient (Wildman–Crippen LogP) is 6.77. The van der Waals surface area contributed by atoms with E-state index in [4.69, 9.17) is 0 Å². The van der Waals surface area contributed by atoms with Gasteiger partial charge in [-0.3, -0.25) is 9.97 Å². The van der Waals surface area contributed by atoms with E-state index in [0.29, 0.717) is 0 Å². The summed E-state index contributed by atoms with van der Waals surface area (Å²) in [6.07, 6.45) is 18.4. The van der Waals surface area contributed by atoms with Crippen LogP contribution in [0.1, 0.15) is 34.2 Å². The molecule has 0 spiro atoms. The van der Waals surface area contributed by atoms with Gasteiger partial charge in [0.1, 0.15) is 0 Å². The Bertz CT molecular complexity index is 1310. The second-order valence-corrected chi connectivity index (χ2v) is 9.22. The fourth-order valence-electron chi connectivity index (χ4n) is 5.75. The van der Waals surface area contributed by atoms with Gasteiger partial charge in [0, 0.05) is 30.2 Å². The van der Waals surface area contributed by atoms with Crippen LogP contribution in [0, 0.1) is 0 Å². The quantitative estimate of drug-likeness (QED) is 0.352. The molecule has 0 aliphatic heterocycles. The first-order chi connectivity index (χ1) is 16.3. The van der Waals surface area contributed by atoms with Crippen molar-refractivity contribution in [2.75, 3.05) is 0 Å². The number of rotatable bonds is 5. The molecule has 0 radical (unpaired) electrons. The van der Waals surface area contributed by atoms with Gasteiger partial charge in [0.2, 0.25) is 0 Å². The Hall–Kier alpha value is -3.78. The van der Waals surface area contributed by atoms with Gasteiger partial charge < -0.3 is 0 Å². The third kappa shape index (κ3) is 3.62. The second-order valence-electron chi connectivity index (χ2n) is 9.22. The van der Waals surface area contributed by atoms with Crippen molar-refractivity contribution in [3.63, 3.8) is 0 Å². The number of allylic oxidation sites excluding steroid dienone is 4. The standard InChI is InChI=1S/C31H26N2/c1-2-7-25(6-1)26-9-5-10-27-28-8-3-4-11-30(28)31(22-29(26)27,20-23-12-16-32-17-13-23)21-24-14-18-33-19-15-24/h1-6,8-19H,7,20-22H2. The molecule has 0 atom stereocenters. The lowest BCUT2D eigenvalue weighted by atomic mass is 9.61. The maximum atomic E-state index is 4.27. The molecule has 4 aromatic rings. The Balaban J connectivity index is 1.57. The van der Waals surface area contributed by atoms with E-state index in [2.05, 4.69) is 94.9 Å². The Morgan fingerprint density at radius 3 is 1.97 bits per heavy atom. The maximum Gasteiger partial charge on any atom is 0.0270 e. The molecule has 0 saturated heterocycles. The van der Waals surface area contributed by atoms with Crippen LogP contribution in [0.25, 0.3) is 16.7 Å². The van der Waals surface area contributed by atoms with Crippen LogP contribution in [0.4, 0.5) is 0 Å². The summed E-state index contributed by atoms with van der Waals surface area (Å²) in [5.74, 6) is 0. The van der Waals surface area contributed by atoms with Crippen molar-refractivity contribution in [1.82, 2.24) is 9.97 Å². The molecule has 2 nitrogen and oxygen atoms in total. The van der Waals surface area contributed by atoms with Gasteiger partial charge in [0.25, 0.3) is 0 Å². The van der Waals surface area contributed by atoms with Crippen molar-refractivity contribution in [3.8, 4) is 11.1 Å². The molecule has 2 aromatic carbocycles. The van der Waals surface area contributed by atoms with E-state index >= 15 is 0 Å². The molecule has 6 rings (SSSR count). The van der Waals surface area contributed by atoms with Gasteiger partial charge in [-0.15, -0.1) is 0 Å². The minimum absolute atomic E-state index is 0.0466. The molecule has 0 fully saturated rings. The lowest BCUT2D eigenvalue weighted by molar-refractivity contribution is 0.411. The molecule has 0 N–H and O–H groups in total. The summed E-state index contributed by atoms with van der Waals surface area (Å²) in [6, 6.07) is 24.6. The average molecular weight is 427 g/mol. The van der Waals surface area contributed by atoms with Gasteiger partial charge in [-0.05, 0) is 94.5 Å². The van der Waals surface area contributed by atoms with E-state index in [0.717, 1.165) is 25.7 Å². The van der Waals surface area contributed by atoms with E-state index in [1.54, 1.807) is 0 Å². The molecule has 0 saturated carbocycles. The van der Waals surface area contributed by atoms with Crippen molar-refractivity contribution in [1.29, 1.82) is 0 Å². The summed E-state index contributed by atoms with van der Waals surface area (Å²) in [5.41, 5.74) is 11.1. The van der Waals surface area contributed by atoms with E-state index in [1.165, 1.54) is 44.5 Å². The first kappa shape index (κ1) is 19.9. The third-order valence-corrected chi connectivity index (χ3v) is 7.18. The summed E-state index contributed by atoms with van der Waals surface area (Å²) < 4.78 is 0. The van der Waals surface area contributed by atoms with Crippen LogP contribution < -0.4 is 0 Å². The number of hydrogen-bond acceptors (Lipinski definition) is 2. The minimum atomic E-state index is -0.0466. The number of benzene rings is 2. The molecule has 2 heterocycles. The molecule has 0 unspecified atom stereocenters. The largest absolute Gasteiger partial charge is 0.265 e. The molecule has 2 aliphatic carbocycles. The van der Waals surface area contributed by atoms with Gasteiger partial charge >= 0.3 is 0 Å². The van der Waals surface area contributed by atoms with Gasteiger partial charge in [0.05, 0.1) is 0 Å². The molecule has 2 aliphatic rings. The first-order valence-corrected chi connectivity index (χ1v) is 11.7. The number of aromatic nitrogens is 2. The zero-order valence-corrected chi connectivity index (χ0v) is 18.6. The van der Waals surface area contributed by atoms with E-state index in [-0.39, 0.29) is 5.41 Å². The zero-order chi connectivity index (χ0) is 22.1. The van der Waals surface area contributed by atoms with E-state index < -0.39 is 0 Å². The smallest absolute Gasteiger partial charge is 0.0270 e. The fraction of sp³-hybridized carbons (Fsp3) is 0.161. The van der Waals surface area contributed by atoms with Crippen LogP contribution in [-0.4, -0.2) is 9.97 Å². The lowest BCUT2D eigenvalue weighted by Crippen LogP contribution is -2.37. The maximum absolute atomic E-state index is 4.27. The van der Waals surface area contributed by atoms with Crippen LogP contribution in [0.15, 0.2) is 110 Å². The van der Waals surface area contributed by atoms with Crippen LogP contribution in [0.2, 0.25) is 0 Å². The van der Waals surface area contributed by atoms with Crippen molar-refractivity contribution >= 4 is 5.57 Å². The van der Waals surface area contributed by atoms with Crippen LogP contribution in [-0.2, 0) is 24.7 Å². The second kappa shape index (κ2) is 8.29. The van der Waals surface area contributed by atoms with Crippen LogP contribution >= 0.6 is 0 Å². The van der Waals surface area contributed by atoms with Crippen LogP contribution in [0.3, 0.4) is 0 Å². The highest BCUT2D eigenvalue weighted by Gasteiger charge is 2.40. The highest BCUT2D eigenvalue weighted by Crippen LogP contribution is 2.49. The fourth-order valence-corrected chi connectivity index (χ4v) is 5.75.